The molecule has 0 aromatic heterocycles. The van der Waals surface area contributed by atoms with Crippen molar-refractivity contribution in [1.29, 1.82) is 0 Å². The number of rotatable bonds is 4. The minimum atomic E-state index is -0.108. The minimum Gasteiger partial charge on any atom is -0.325 e. The Morgan fingerprint density at radius 2 is 1.76 bits per heavy atom. The van der Waals surface area contributed by atoms with Crippen LogP contribution in [0.3, 0.4) is 0 Å². The molecule has 0 amide bonds. The predicted octanol–water partition coefficient (Wildman–Crippen LogP) is 3.26. The van der Waals surface area contributed by atoms with Crippen LogP contribution < -0.4 is 5.73 Å². The van der Waals surface area contributed by atoms with Crippen LogP contribution in [0, 0.1) is 11.3 Å². The van der Waals surface area contributed by atoms with Gasteiger partial charge in [-0.3, -0.25) is 0 Å². The monoisotopic (exact) mass is 240 g/mol. The van der Waals surface area contributed by atoms with E-state index in [0.717, 1.165) is 12.5 Å². The molecule has 1 atom stereocenters. The number of hydrogen-bond donors (Lipinski definition) is 1. The lowest BCUT2D eigenvalue weighted by molar-refractivity contribution is 0.115. The Morgan fingerprint density at radius 3 is 2.29 bits per heavy atom. The normalized spacial score (nSPS) is 24.7. The molecule has 1 rings (SSSR count). The maximum absolute atomic E-state index is 6.30. The smallest absolute Gasteiger partial charge is 0.0161 e. The summed E-state index contributed by atoms with van der Waals surface area (Å²) in [5, 5.41) is 0. The number of nitrogens with zero attached hydrogens (tertiary/aromatic N) is 1. The van der Waals surface area contributed by atoms with E-state index in [1.807, 2.05) is 0 Å². The maximum Gasteiger partial charge on any atom is 0.0161 e. The molecule has 2 heteroatoms. The zero-order chi connectivity index (χ0) is 13.1. The van der Waals surface area contributed by atoms with Crippen molar-refractivity contribution in [3.63, 3.8) is 0 Å². The highest BCUT2D eigenvalue weighted by molar-refractivity contribution is 4.92. The largest absolute Gasteiger partial charge is 0.325 e. The van der Waals surface area contributed by atoms with Crippen LogP contribution in [-0.2, 0) is 0 Å². The number of hydrogen-bond acceptors (Lipinski definition) is 2. The van der Waals surface area contributed by atoms with Gasteiger partial charge in [0.2, 0.25) is 0 Å². The average Bonchev–Trinajstić information content (AvgIpc) is 2.40. The highest BCUT2D eigenvalue weighted by atomic mass is 15.1. The highest BCUT2D eigenvalue weighted by Crippen LogP contribution is 2.30. The van der Waals surface area contributed by atoms with E-state index in [0.29, 0.717) is 0 Å². The van der Waals surface area contributed by atoms with E-state index in [4.69, 9.17) is 5.73 Å². The van der Waals surface area contributed by atoms with Gasteiger partial charge in [0.25, 0.3) is 0 Å². The molecule has 2 N–H and O–H groups in total. The molecule has 1 aliphatic heterocycles. The van der Waals surface area contributed by atoms with Crippen molar-refractivity contribution in [3.05, 3.63) is 0 Å². The van der Waals surface area contributed by atoms with Gasteiger partial charge in [0.15, 0.2) is 0 Å². The molecule has 2 nitrogen and oxygen atoms in total. The molecule has 0 aromatic carbocycles. The Kier molecular flexibility index (Phi) is 5.03. The van der Waals surface area contributed by atoms with Crippen LogP contribution in [0.1, 0.15) is 60.3 Å². The van der Waals surface area contributed by atoms with Crippen molar-refractivity contribution < 1.29 is 0 Å². The van der Waals surface area contributed by atoms with Gasteiger partial charge in [-0.15, -0.1) is 0 Å². The second kappa shape index (κ2) is 5.71. The standard InChI is InChI=1S/C15H32N2/c1-6-13-8-7-10-17(11-9-13)12-14(2,3)15(4,5)16/h13H,6-12,16H2,1-5H3. The summed E-state index contributed by atoms with van der Waals surface area (Å²) in [6.07, 6.45) is 5.50. The van der Waals surface area contributed by atoms with E-state index in [1.165, 1.54) is 38.8 Å². The minimum absolute atomic E-state index is 0.108. The molecule has 0 radical (unpaired) electrons. The van der Waals surface area contributed by atoms with Gasteiger partial charge in [0.1, 0.15) is 0 Å². The van der Waals surface area contributed by atoms with Crippen LogP contribution in [0.2, 0.25) is 0 Å². The summed E-state index contributed by atoms with van der Waals surface area (Å²) in [4.78, 5) is 2.63. The third-order valence-corrected chi connectivity index (χ3v) is 4.88. The summed E-state index contributed by atoms with van der Waals surface area (Å²) in [5.41, 5.74) is 6.37. The Bertz CT molecular complexity index is 228. The molecular weight excluding hydrogens is 208 g/mol. The fourth-order valence-electron chi connectivity index (χ4n) is 2.55. The third-order valence-electron chi connectivity index (χ3n) is 4.88. The first-order chi connectivity index (χ1) is 7.76. The number of likely N-dealkylation sites (tertiary alicyclic amines) is 1. The van der Waals surface area contributed by atoms with Crippen LogP contribution in [-0.4, -0.2) is 30.1 Å². The maximum atomic E-state index is 6.30. The Morgan fingerprint density at radius 1 is 1.12 bits per heavy atom. The van der Waals surface area contributed by atoms with E-state index in [-0.39, 0.29) is 11.0 Å². The van der Waals surface area contributed by atoms with Crippen molar-refractivity contribution in [1.82, 2.24) is 4.90 Å². The van der Waals surface area contributed by atoms with Crippen LogP contribution in [0.4, 0.5) is 0 Å². The zero-order valence-corrected chi connectivity index (χ0v) is 12.6. The summed E-state index contributed by atoms with van der Waals surface area (Å²) in [6.45, 7) is 14.9. The van der Waals surface area contributed by atoms with Gasteiger partial charge in [-0.1, -0.05) is 27.2 Å². The van der Waals surface area contributed by atoms with E-state index in [1.54, 1.807) is 0 Å². The van der Waals surface area contributed by atoms with Crippen molar-refractivity contribution in [2.45, 2.75) is 65.8 Å². The van der Waals surface area contributed by atoms with Crippen molar-refractivity contribution >= 4 is 0 Å². The lowest BCUT2D eigenvalue weighted by atomic mass is 9.75. The fourth-order valence-corrected chi connectivity index (χ4v) is 2.55. The first kappa shape index (κ1) is 15.0. The SMILES string of the molecule is CCC1CCCN(CC(C)(C)C(C)(C)N)CC1. The second-order valence-corrected chi connectivity index (χ2v) is 7.09. The summed E-state index contributed by atoms with van der Waals surface area (Å²) in [6, 6.07) is 0. The lowest BCUT2D eigenvalue weighted by Gasteiger charge is -2.42. The highest BCUT2D eigenvalue weighted by Gasteiger charge is 2.35. The van der Waals surface area contributed by atoms with Crippen molar-refractivity contribution in [2.75, 3.05) is 19.6 Å². The van der Waals surface area contributed by atoms with Crippen LogP contribution >= 0.6 is 0 Å². The van der Waals surface area contributed by atoms with E-state index in [2.05, 4.69) is 39.5 Å². The van der Waals surface area contributed by atoms with Gasteiger partial charge in [0, 0.05) is 12.1 Å². The molecule has 1 aliphatic rings. The molecular formula is C15H32N2. The van der Waals surface area contributed by atoms with Gasteiger partial charge in [0.05, 0.1) is 0 Å². The topological polar surface area (TPSA) is 29.3 Å². The van der Waals surface area contributed by atoms with E-state index >= 15 is 0 Å². The molecule has 1 unspecified atom stereocenters. The van der Waals surface area contributed by atoms with Gasteiger partial charge in [-0.25, -0.2) is 0 Å². The molecule has 1 fully saturated rings. The summed E-state index contributed by atoms with van der Waals surface area (Å²) in [5.74, 6) is 0.953. The average molecular weight is 240 g/mol. The number of nitrogens with two attached hydrogens (primary N) is 1. The molecule has 0 spiro atoms. The van der Waals surface area contributed by atoms with Crippen LogP contribution in [0.15, 0.2) is 0 Å². The predicted molar refractivity (Wildman–Crippen MR) is 76.1 cm³/mol. The van der Waals surface area contributed by atoms with E-state index < -0.39 is 0 Å². The zero-order valence-electron chi connectivity index (χ0n) is 12.6. The molecule has 1 saturated heterocycles. The van der Waals surface area contributed by atoms with Gasteiger partial charge in [-0.2, -0.15) is 0 Å². The molecule has 0 bridgehead atoms. The Hall–Kier alpha value is -0.0800. The molecule has 0 aliphatic carbocycles. The fraction of sp³-hybridized carbons (Fsp3) is 1.00. The molecule has 1 heterocycles. The first-order valence-corrected chi connectivity index (χ1v) is 7.27. The summed E-state index contributed by atoms with van der Waals surface area (Å²) < 4.78 is 0. The molecule has 0 aromatic rings. The molecule has 17 heavy (non-hydrogen) atoms. The lowest BCUT2D eigenvalue weighted by Crippen LogP contribution is -2.53. The van der Waals surface area contributed by atoms with Crippen LogP contribution in [0.25, 0.3) is 0 Å². The van der Waals surface area contributed by atoms with Crippen molar-refractivity contribution in [3.8, 4) is 0 Å². The Balaban J connectivity index is 2.52. The van der Waals surface area contributed by atoms with Gasteiger partial charge in [-0.05, 0) is 57.5 Å². The first-order valence-electron chi connectivity index (χ1n) is 7.27. The molecule has 102 valence electrons. The second-order valence-electron chi connectivity index (χ2n) is 7.09. The van der Waals surface area contributed by atoms with E-state index in [9.17, 15) is 0 Å². The van der Waals surface area contributed by atoms with Crippen molar-refractivity contribution in [2.24, 2.45) is 17.1 Å². The quantitative estimate of drug-likeness (QED) is 0.817. The third kappa shape index (κ3) is 4.26. The van der Waals surface area contributed by atoms with Gasteiger partial charge >= 0.3 is 0 Å². The molecule has 0 saturated carbocycles. The summed E-state index contributed by atoms with van der Waals surface area (Å²) >= 11 is 0. The van der Waals surface area contributed by atoms with Crippen LogP contribution in [0.5, 0.6) is 0 Å². The van der Waals surface area contributed by atoms with Gasteiger partial charge < -0.3 is 10.6 Å². The summed E-state index contributed by atoms with van der Waals surface area (Å²) in [7, 11) is 0. The Labute approximate surface area is 108 Å².